The number of amides is 2. The molecule has 6 nitrogen and oxygen atoms in total. The molecule has 2 amide bonds. The first kappa shape index (κ1) is 24.8. The first-order valence-corrected chi connectivity index (χ1v) is 13.8. The highest BCUT2D eigenvalue weighted by Gasteiger charge is 2.55. The fourth-order valence-electron chi connectivity index (χ4n) is 7.50. The Balaban J connectivity index is 1.25. The summed E-state index contributed by atoms with van der Waals surface area (Å²) in [6.07, 6.45) is 6.73. The molecule has 4 bridgehead atoms. The highest BCUT2D eigenvalue weighted by molar-refractivity contribution is 5.95. The average Bonchev–Trinajstić information content (AvgIpc) is 3.30. The molecule has 1 N–H and O–H groups in total. The van der Waals surface area contributed by atoms with Crippen LogP contribution in [0.1, 0.15) is 52.4 Å². The molecule has 4 saturated carbocycles. The molecule has 0 spiro atoms. The quantitative estimate of drug-likeness (QED) is 0.416. The predicted octanol–water partition coefficient (Wildman–Crippen LogP) is 6.07. The van der Waals surface area contributed by atoms with Crippen molar-refractivity contribution in [1.29, 1.82) is 0 Å². The monoisotopic (exact) mass is 514 g/mol. The summed E-state index contributed by atoms with van der Waals surface area (Å²) in [5.41, 5.74) is 1.94. The van der Waals surface area contributed by atoms with Gasteiger partial charge in [0, 0.05) is 17.7 Å². The van der Waals surface area contributed by atoms with Crippen molar-refractivity contribution in [2.45, 2.75) is 58.4 Å². The second kappa shape index (κ2) is 9.68. The minimum Gasteiger partial charge on any atom is -0.330 e. The van der Waals surface area contributed by atoms with E-state index >= 15 is 0 Å². The van der Waals surface area contributed by atoms with Crippen molar-refractivity contribution in [3.63, 3.8) is 0 Å². The Morgan fingerprint density at radius 1 is 1.00 bits per heavy atom. The number of carbonyl (C=O) groups is 2. The summed E-state index contributed by atoms with van der Waals surface area (Å²) in [4.78, 5) is 29.2. The minimum absolute atomic E-state index is 0.00643. The number of benzene rings is 2. The number of nitrogens with one attached hydrogen (secondary N) is 1. The lowest BCUT2D eigenvalue weighted by molar-refractivity contribution is -0.160. The van der Waals surface area contributed by atoms with Crippen LogP contribution in [0.2, 0.25) is 0 Å². The third kappa shape index (κ3) is 4.63. The van der Waals surface area contributed by atoms with Gasteiger partial charge in [-0.1, -0.05) is 30.3 Å². The van der Waals surface area contributed by atoms with E-state index in [1.54, 1.807) is 21.7 Å². The van der Waals surface area contributed by atoms with Gasteiger partial charge in [-0.2, -0.15) is 5.10 Å². The van der Waals surface area contributed by atoms with Gasteiger partial charge in [0.2, 0.25) is 11.8 Å². The molecule has 2 aromatic carbocycles. The number of anilines is 1. The van der Waals surface area contributed by atoms with Crippen LogP contribution in [0.25, 0.3) is 16.9 Å². The minimum atomic E-state index is -0.342. The fourth-order valence-corrected chi connectivity index (χ4v) is 7.50. The Bertz CT molecular complexity index is 1300. The third-order valence-corrected chi connectivity index (χ3v) is 8.81. The lowest BCUT2D eigenvalue weighted by atomic mass is 9.49. The Morgan fingerprint density at radius 2 is 1.61 bits per heavy atom. The summed E-state index contributed by atoms with van der Waals surface area (Å²) in [5, 5.41) is 7.71. The first-order valence-electron chi connectivity index (χ1n) is 13.8. The Morgan fingerprint density at radius 3 is 2.18 bits per heavy atom. The first-order chi connectivity index (χ1) is 18.3. The van der Waals surface area contributed by atoms with Gasteiger partial charge in [-0.25, -0.2) is 9.07 Å². The summed E-state index contributed by atoms with van der Waals surface area (Å²) in [5.74, 6) is 2.01. The summed E-state index contributed by atoms with van der Waals surface area (Å²) in [7, 11) is 0. The van der Waals surface area contributed by atoms with E-state index < -0.39 is 0 Å². The standard InChI is InChI=1S/C31H35FN4O2/c1-20(2)35(30(38)31-16-21-12-22(17-31)14-23(13-21)18-31)19-29(37)33-28-15-27(24-6-4-3-5-7-24)34-36(28)26-10-8-25(32)9-11-26/h3-11,15,20-23H,12-14,16-19H2,1-2H3,(H,33,37). The maximum absolute atomic E-state index is 14.0. The number of halogens is 1. The highest BCUT2D eigenvalue weighted by atomic mass is 19.1. The number of nitrogens with zero attached hydrogens (tertiary/aromatic N) is 3. The van der Waals surface area contributed by atoms with E-state index in [4.69, 9.17) is 5.10 Å². The molecule has 0 aliphatic heterocycles. The topological polar surface area (TPSA) is 67.2 Å². The molecule has 38 heavy (non-hydrogen) atoms. The van der Waals surface area contributed by atoms with Gasteiger partial charge in [-0.15, -0.1) is 0 Å². The normalized spacial score (nSPS) is 25.5. The zero-order chi connectivity index (χ0) is 26.4. The van der Waals surface area contributed by atoms with E-state index in [1.165, 1.54) is 31.4 Å². The smallest absolute Gasteiger partial charge is 0.245 e. The van der Waals surface area contributed by atoms with Crippen LogP contribution in [0.3, 0.4) is 0 Å². The zero-order valence-electron chi connectivity index (χ0n) is 22.1. The number of rotatable bonds is 7. The van der Waals surface area contributed by atoms with E-state index in [2.05, 4.69) is 5.32 Å². The van der Waals surface area contributed by atoms with Gasteiger partial charge < -0.3 is 10.2 Å². The Labute approximate surface area is 223 Å². The molecular formula is C31H35FN4O2. The molecule has 0 radical (unpaired) electrons. The second-order valence-corrected chi connectivity index (χ2v) is 11.9. The number of carbonyl (C=O) groups excluding carboxylic acids is 2. The average molecular weight is 515 g/mol. The van der Waals surface area contributed by atoms with E-state index in [9.17, 15) is 14.0 Å². The van der Waals surface area contributed by atoms with Crippen molar-refractivity contribution < 1.29 is 14.0 Å². The van der Waals surface area contributed by atoms with Gasteiger partial charge in [0.1, 0.15) is 18.2 Å². The molecule has 0 saturated heterocycles. The van der Waals surface area contributed by atoms with E-state index in [1.807, 2.05) is 50.2 Å². The van der Waals surface area contributed by atoms with Gasteiger partial charge in [-0.3, -0.25) is 9.59 Å². The molecule has 4 aliphatic rings. The molecule has 4 fully saturated rings. The molecular weight excluding hydrogens is 479 g/mol. The van der Waals surface area contributed by atoms with Crippen LogP contribution in [0.5, 0.6) is 0 Å². The van der Waals surface area contributed by atoms with Crippen LogP contribution < -0.4 is 5.32 Å². The molecule has 1 heterocycles. The van der Waals surface area contributed by atoms with Crippen LogP contribution in [-0.4, -0.2) is 39.1 Å². The SMILES string of the molecule is CC(C)N(CC(=O)Nc1cc(-c2ccccc2)nn1-c1ccc(F)cc1)C(=O)C12CC3CC(CC(C3)C1)C2. The van der Waals surface area contributed by atoms with Gasteiger partial charge in [0.05, 0.1) is 16.8 Å². The van der Waals surface area contributed by atoms with Crippen LogP contribution in [0, 0.1) is 29.0 Å². The number of aromatic nitrogens is 2. The third-order valence-electron chi connectivity index (χ3n) is 8.81. The lowest BCUT2D eigenvalue weighted by Gasteiger charge is -2.56. The number of hydrogen-bond acceptors (Lipinski definition) is 3. The molecule has 0 unspecified atom stereocenters. The van der Waals surface area contributed by atoms with E-state index in [-0.39, 0.29) is 35.6 Å². The highest BCUT2D eigenvalue weighted by Crippen LogP contribution is 2.60. The summed E-state index contributed by atoms with van der Waals surface area (Å²) < 4.78 is 15.2. The van der Waals surface area contributed by atoms with Crippen molar-refractivity contribution in [2.75, 3.05) is 11.9 Å². The van der Waals surface area contributed by atoms with Crippen LogP contribution >= 0.6 is 0 Å². The maximum atomic E-state index is 14.0. The molecule has 198 valence electrons. The predicted molar refractivity (Wildman–Crippen MR) is 145 cm³/mol. The molecule has 7 rings (SSSR count). The fraction of sp³-hybridized carbons (Fsp3) is 0.452. The van der Waals surface area contributed by atoms with Gasteiger partial charge in [0.15, 0.2) is 0 Å². The molecule has 3 aromatic rings. The van der Waals surface area contributed by atoms with Crippen molar-refractivity contribution in [3.8, 4) is 16.9 Å². The van der Waals surface area contributed by atoms with Gasteiger partial charge >= 0.3 is 0 Å². The summed E-state index contributed by atoms with van der Waals surface area (Å²) in [6.45, 7) is 3.97. The second-order valence-electron chi connectivity index (χ2n) is 11.9. The molecule has 1 aromatic heterocycles. The van der Waals surface area contributed by atoms with Crippen molar-refractivity contribution in [1.82, 2.24) is 14.7 Å². The zero-order valence-corrected chi connectivity index (χ0v) is 22.1. The van der Waals surface area contributed by atoms with Gasteiger partial charge in [-0.05, 0) is 94.4 Å². The maximum Gasteiger partial charge on any atom is 0.245 e. The van der Waals surface area contributed by atoms with E-state index in [0.717, 1.165) is 24.8 Å². The number of hydrogen-bond donors (Lipinski definition) is 1. The summed E-state index contributed by atoms with van der Waals surface area (Å²) in [6, 6.07) is 17.4. The van der Waals surface area contributed by atoms with E-state index in [0.29, 0.717) is 35.0 Å². The van der Waals surface area contributed by atoms with Crippen molar-refractivity contribution >= 4 is 17.6 Å². The van der Waals surface area contributed by atoms with Gasteiger partial charge in [0.25, 0.3) is 0 Å². The summed E-state index contributed by atoms with van der Waals surface area (Å²) >= 11 is 0. The van der Waals surface area contributed by atoms with Crippen molar-refractivity contribution in [3.05, 3.63) is 66.5 Å². The molecule has 0 atom stereocenters. The molecule has 4 aliphatic carbocycles. The van der Waals surface area contributed by atoms with Crippen molar-refractivity contribution in [2.24, 2.45) is 23.2 Å². The lowest BCUT2D eigenvalue weighted by Crippen LogP contribution is -2.57. The van der Waals surface area contributed by atoms with Crippen LogP contribution in [0.15, 0.2) is 60.7 Å². The largest absolute Gasteiger partial charge is 0.330 e. The van der Waals surface area contributed by atoms with Crippen LogP contribution in [0.4, 0.5) is 10.2 Å². The Kier molecular flexibility index (Phi) is 6.33. The molecule has 7 heteroatoms. The van der Waals surface area contributed by atoms with Crippen LogP contribution in [-0.2, 0) is 9.59 Å². The Hall–Kier alpha value is -3.48.